The lowest BCUT2D eigenvalue weighted by atomic mass is 10.00. The number of amides is 3. The predicted octanol–water partition coefficient (Wildman–Crippen LogP) is 6.00. The average molecular weight is 613 g/mol. The molecule has 3 aromatic rings. The highest BCUT2D eigenvalue weighted by atomic mass is 19.4. The smallest absolute Gasteiger partial charge is 0.369 e. The molecule has 0 bridgehead atoms. The molecule has 0 unspecified atom stereocenters. The SMILES string of the molecule is Cc1cccc(F)c1N1CCC(N2Cc3cn(C4CN(C(=O)C(C)C)C4)nc3N(Cc3ccccc3C(F)(F)F)C2=O)CC1. The second-order valence-electron chi connectivity index (χ2n) is 12.3. The van der Waals surface area contributed by atoms with Crippen molar-refractivity contribution in [1.82, 2.24) is 19.6 Å². The summed E-state index contributed by atoms with van der Waals surface area (Å²) in [5.41, 5.74) is 1.35. The van der Waals surface area contributed by atoms with E-state index in [-0.39, 0.29) is 48.4 Å². The maximum Gasteiger partial charge on any atom is 0.416 e. The van der Waals surface area contributed by atoms with Gasteiger partial charge in [0, 0.05) is 49.9 Å². The molecule has 2 fully saturated rings. The predicted molar refractivity (Wildman–Crippen MR) is 158 cm³/mol. The van der Waals surface area contributed by atoms with Crippen LogP contribution in [0.15, 0.2) is 48.7 Å². The largest absolute Gasteiger partial charge is 0.416 e. The number of likely N-dealkylation sites (tertiary alicyclic amines) is 1. The first-order valence-electron chi connectivity index (χ1n) is 15.0. The quantitative estimate of drug-likeness (QED) is 0.321. The lowest BCUT2D eigenvalue weighted by Crippen LogP contribution is -2.54. The van der Waals surface area contributed by atoms with E-state index in [0.717, 1.165) is 17.2 Å². The summed E-state index contributed by atoms with van der Waals surface area (Å²) in [4.78, 5) is 33.3. The third kappa shape index (κ3) is 5.50. The molecule has 44 heavy (non-hydrogen) atoms. The number of alkyl halides is 3. The Morgan fingerprint density at radius 1 is 1.02 bits per heavy atom. The first kappa shape index (κ1) is 30.0. The van der Waals surface area contributed by atoms with Gasteiger partial charge in [-0.3, -0.25) is 14.4 Å². The molecule has 0 N–H and O–H groups in total. The number of hydrogen-bond donors (Lipinski definition) is 0. The van der Waals surface area contributed by atoms with Crippen LogP contribution in [0.5, 0.6) is 0 Å². The Bertz CT molecular complexity index is 1540. The van der Waals surface area contributed by atoms with Gasteiger partial charge in [0.1, 0.15) is 5.82 Å². The van der Waals surface area contributed by atoms with Crippen LogP contribution in [0.1, 0.15) is 55.0 Å². The molecule has 0 saturated carbocycles. The van der Waals surface area contributed by atoms with Crippen LogP contribution in [0.2, 0.25) is 0 Å². The van der Waals surface area contributed by atoms with Gasteiger partial charge in [0.15, 0.2) is 5.82 Å². The molecule has 0 spiro atoms. The van der Waals surface area contributed by atoms with Crippen molar-refractivity contribution in [3.8, 4) is 0 Å². The second-order valence-corrected chi connectivity index (χ2v) is 12.3. The summed E-state index contributed by atoms with van der Waals surface area (Å²) in [7, 11) is 0. The van der Waals surface area contributed by atoms with Gasteiger partial charge < -0.3 is 14.7 Å². The maximum atomic E-state index is 14.7. The van der Waals surface area contributed by atoms with E-state index in [1.165, 1.54) is 29.2 Å². The number of halogens is 4. The van der Waals surface area contributed by atoms with E-state index in [2.05, 4.69) is 0 Å². The van der Waals surface area contributed by atoms with Crippen molar-refractivity contribution in [2.45, 2.75) is 65.0 Å². The van der Waals surface area contributed by atoms with E-state index in [4.69, 9.17) is 5.10 Å². The monoisotopic (exact) mass is 612 g/mol. The molecule has 4 heterocycles. The van der Waals surface area contributed by atoms with Crippen molar-refractivity contribution < 1.29 is 27.2 Å². The number of urea groups is 1. The third-order valence-corrected chi connectivity index (χ3v) is 8.96. The molecular weight excluding hydrogens is 576 g/mol. The molecule has 2 saturated heterocycles. The number of carbonyl (C=O) groups is 2. The third-order valence-electron chi connectivity index (χ3n) is 8.96. The highest BCUT2D eigenvalue weighted by molar-refractivity contribution is 5.94. The topological polar surface area (TPSA) is 64.9 Å². The molecule has 6 rings (SSSR count). The molecular formula is C32H36F4N6O2. The zero-order valence-electron chi connectivity index (χ0n) is 25.0. The van der Waals surface area contributed by atoms with Crippen LogP contribution in [0.3, 0.4) is 0 Å². The zero-order valence-corrected chi connectivity index (χ0v) is 25.0. The molecule has 3 aliphatic heterocycles. The lowest BCUT2D eigenvalue weighted by molar-refractivity contribution is -0.140. The molecule has 3 aliphatic rings. The van der Waals surface area contributed by atoms with Crippen LogP contribution in [0.25, 0.3) is 0 Å². The minimum Gasteiger partial charge on any atom is -0.369 e. The number of aromatic nitrogens is 2. The number of rotatable bonds is 6. The Kier molecular flexibility index (Phi) is 7.79. The molecule has 2 aromatic carbocycles. The molecule has 1 aromatic heterocycles. The minimum atomic E-state index is -4.58. The summed E-state index contributed by atoms with van der Waals surface area (Å²) in [5, 5.41) is 4.71. The first-order chi connectivity index (χ1) is 20.9. The van der Waals surface area contributed by atoms with Crippen LogP contribution in [0, 0.1) is 18.7 Å². The van der Waals surface area contributed by atoms with Crippen LogP contribution in [-0.2, 0) is 24.1 Å². The summed E-state index contributed by atoms with van der Waals surface area (Å²) in [5.74, 6) is -0.00214. The van der Waals surface area contributed by atoms with Gasteiger partial charge in [0.2, 0.25) is 5.91 Å². The van der Waals surface area contributed by atoms with Gasteiger partial charge >= 0.3 is 12.2 Å². The van der Waals surface area contributed by atoms with Gasteiger partial charge in [-0.05, 0) is 43.0 Å². The van der Waals surface area contributed by atoms with Crippen LogP contribution < -0.4 is 9.80 Å². The van der Waals surface area contributed by atoms with E-state index in [9.17, 15) is 27.2 Å². The standard InChI is InChI=1S/C32H36F4N6O2/c1-20(2)30(43)39-18-25(19-39)42-17-23-16-40(24-11-13-38(14-12-24)28-21(3)7-6-10-27(28)33)31(44)41(29(23)37-42)15-22-8-4-5-9-26(22)32(34,35)36/h4-10,17,20,24-25H,11-16,18-19H2,1-3H3. The highest BCUT2D eigenvalue weighted by Crippen LogP contribution is 2.38. The highest BCUT2D eigenvalue weighted by Gasteiger charge is 2.42. The number of benzene rings is 2. The number of aryl methyl sites for hydroxylation is 1. The van der Waals surface area contributed by atoms with E-state index >= 15 is 0 Å². The average Bonchev–Trinajstić information content (AvgIpc) is 3.37. The molecule has 12 heteroatoms. The summed E-state index contributed by atoms with van der Waals surface area (Å²) in [6.45, 7) is 7.61. The minimum absolute atomic E-state index is 0.0158. The number of nitrogens with zero attached hydrogens (tertiary/aromatic N) is 6. The first-order valence-corrected chi connectivity index (χ1v) is 15.0. The van der Waals surface area contributed by atoms with Crippen LogP contribution >= 0.6 is 0 Å². The number of para-hydroxylation sites is 1. The maximum absolute atomic E-state index is 14.7. The number of fused-ring (bicyclic) bond motifs is 1. The van der Waals surface area contributed by atoms with E-state index in [1.807, 2.05) is 37.9 Å². The van der Waals surface area contributed by atoms with Crippen molar-refractivity contribution in [3.63, 3.8) is 0 Å². The van der Waals surface area contributed by atoms with Crippen molar-refractivity contribution >= 4 is 23.4 Å². The normalized spacial score (nSPS) is 18.2. The van der Waals surface area contributed by atoms with Crippen LogP contribution in [0.4, 0.5) is 33.9 Å². The lowest BCUT2D eigenvalue weighted by Gasteiger charge is -2.43. The van der Waals surface area contributed by atoms with E-state index in [0.29, 0.717) is 50.5 Å². The second kappa shape index (κ2) is 11.4. The Hall–Kier alpha value is -4.09. The zero-order chi connectivity index (χ0) is 31.3. The number of carbonyl (C=O) groups excluding carboxylic acids is 2. The van der Waals surface area contributed by atoms with Crippen molar-refractivity contribution in [1.29, 1.82) is 0 Å². The van der Waals surface area contributed by atoms with Gasteiger partial charge in [0.25, 0.3) is 0 Å². The molecule has 234 valence electrons. The van der Waals surface area contributed by atoms with E-state index < -0.39 is 17.8 Å². The fourth-order valence-electron chi connectivity index (χ4n) is 6.57. The van der Waals surface area contributed by atoms with Crippen LogP contribution in [-0.4, -0.2) is 63.7 Å². The van der Waals surface area contributed by atoms with E-state index in [1.54, 1.807) is 20.5 Å². The Morgan fingerprint density at radius 3 is 2.39 bits per heavy atom. The fraction of sp³-hybridized carbons (Fsp3) is 0.469. The summed E-state index contributed by atoms with van der Waals surface area (Å²) >= 11 is 0. The summed E-state index contributed by atoms with van der Waals surface area (Å²) in [6, 6.07) is 9.62. The molecule has 8 nitrogen and oxygen atoms in total. The number of hydrogen-bond acceptors (Lipinski definition) is 4. The van der Waals surface area contributed by atoms with Gasteiger partial charge in [-0.15, -0.1) is 0 Å². The summed E-state index contributed by atoms with van der Waals surface area (Å²) < 4.78 is 58.2. The molecule has 0 atom stereocenters. The molecule has 3 amide bonds. The van der Waals surface area contributed by atoms with Gasteiger partial charge in [-0.25, -0.2) is 9.18 Å². The number of anilines is 2. The molecule has 0 aliphatic carbocycles. The van der Waals surface area contributed by atoms with Gasteiger partial charge in [-0.2, -0.15) is 18.3 Å². The Labute approximate surface area is 253 Å². The van der Waals surface area contributed by atoms with Crippen molar-refractivity contribution in [3.05, 3.63) is 76.7 Å². The number of piperidine rings is 1. The van der Waals surface area contributed by atoms with Gasteiger partial charge in [-0.1, -0.05) is 44.2 Å². The Balaban J connectivity index is 1.27. The Morgan fingerprint density at radius 2 is 1.73 bits per heavy atom. The van der Waals surface area contributed by atoms with Gasteiger partial charge in [0.05, 0.1) is 30.4 Å². The summed E-state index contributed by atoms with van der Waals surface area (Å²) in [6.07, 6.45) is -1.54. The molecule has 0 radical (unpaired) electrons. The fourth-order valence-corrected chi connectivity index (χ4v) is 6.57. The van der Waals surface area contributed by atoms with Crippen molar-refractivity contribution in [2.75, 3.05) is 36.0 Å². The van der Waals surface area contributed by atoms with Crippen molar-refractivity contribution in [2.24, 2.45) is 5.92 Å².